The van der Waals surface area contributed by atoms with Crippen molar-refractivity contribution in [2.75, 3.05) is 26.3 Å². The zero-order valence-corrected chi connectivity index (χ0v) is 12.9. The van der Waals surface area contributed by atoms with Crippen LogP contribution in [0.25, 0.3) is 0 Å². The molecule has 0 aliphatic carbocycles. The summed E-state index contributed by atoms with van der Waals surface area (Å²) in [5.74, 6) is 6.27. The molecule has 2 N–H and O–H groups in total. The first-order valence-electron chi connectivity index (χ1n) is 7.33. The molecule has 2 heterocycles. The Kier molecular flexibility index (Phi) is 6.24. The Labute approximate surface area is 129 Å². The number of carbonyl (C=O) groups excluding carboxylic acids is 1. The van der Waals surface area contributed by atoms with Crippen LogP contribution in [-0.4, -0.2) is 47.3 Å². The SMILES string of the molecule is O=C(c1sccc1C#CCCO)N1CCCC(CCO)C1. The van der Waals surface area contributed by atoms with E-state index in [1.54, 1.807) is 0 Å². The van der Waals surface area contributed by atoms with Crippen molar-refractivity contribution in [3.63, 3.8) is 0 Å². The average molecular weight is 307 g/mol. The highest BCUT2D eigenvalue weighted by molar-refractivity contribution is 7.12. The second-order valence-electron chi connectivity index (χ2n) is 5.21. The number of carbonyl (C=O) groups is 1. The lowest BCUT2D eigenvalue weighted by atomic mass is 9.95. The van der Waals surface area contributed by atoms with Crippen molar-refractivity contribution in [1.82, 2.24) is 4.90 Å². The molecule has 1 atom stereocenters. The van der Waals surface area contributed by atoms with E-state index in [2.05, 4.69) is 11.8 Å². The van der Waals surface area contributed by atoms with Crippen LogP contribution in [-0.2, 0) is 0 Å². The van der Waals surface area contributed by atoms with Gasteiger partial charge < -0.3 is 15.1 Å². The van der Waals surface area contributed by atoms with Crippen LogP contribution in [0.4, 0.5) is 0 Å². The van der Waals surface area contributed by atoms with E-state index in [0.717, 1.165) is 37.9 Å². The number of nitrogens with zero attached hydrogens (tertiary/aromatic N) is 1. The summed E-state index contributed by atoms with van der Waals surface area (Å²) in [6.07, 6.45) is 3.26. The predicted molar refractivity (Wildman–Crippen MR) is 83.2 cm³/mol. The number of likely N-dealkylation sites (tertiary alicyclic amines) is 1. The first-order chi connectivity index (χ1) is 10.3. The van der Waals surface area contributed by atoms with Crippen molar-refractivity contribution in [3.05, 3.63) is 21.9 Å². The molecule has 0 bridgehead atoms. The van der Waals surface area contributed by atoms with Gasteiger partial charge in [0.05, 0.1) is 6.61 Å². The van der Waals surface area contributed by atoms with E-state index in [9.17, 15) is 4.79 Å². The first-order valence-corrected chi connectivity index (χ1v) is 8.21. The quantitative estimate of drug-likeness (QED) is 0.833. The number of thiophene rings is 1. The van der Waals surface area contributed by atoms with Crippen molar-refractivity contribution in [2.45, 2.75) is 25.7 Å². The van der Waals surface area contributed by atoms with Crippen molar-refractivity contribution < 1.29 is 15.0 Å². The number of hydrogen-bond donors (Lipinski definition) is 2. The minimum atomic E-state index is 0.0371. The number of aliphatic hydroxyl groups excluding tert-OH is 2. The Bertz CT molecular complexity index is 527. The minimum absolute atomic E-state index is 0.0371. The lowest BCUT2D eigenvalue weighted by Gasteiger charge is -2.32. The average Bonchev–Trinajstić information content (AvgIpc) is 2.96. The van der Waals surface area contributed by atoms with Gasteiger partial charge in [0.15, 0.2) is 0 Å². The van der Waals surface area contributed by atoms with Crippen LogP contribution in [0.5, 0.6) is 0 Å². The van der Waals surface area contributed by atoms with Crippen LogP contribution in [0.1, 0.15) is 40.9 Å². The van der Waals surface area contributed by atoms with Crippen molar-refractivity contribution >= 4 is 17.2 Å². The maximum absolute atomic E-state index is 12.6. The van der Waals surface area contributed by atoms with Crippen LogP contribution >= 0.6 is 11.3 Å². The topological polar surface area (TPSA) is 60.8 Å². The Balaban J connectivity index is 2.06. The van der Waals surface area contributed by atoms with Crippen LogP contribution in [0, 0.1) is 17.8 Å². The first kappa shape index (κ1) is 16.0. The van der Waals surface area contributed by atoms with Gasteiger partial charge in [-0.25, -0.2) is 0 Å². The minimum Gasteiger partial charge on any atom is -0.396 e. The van der Waals surface area contributed by atoms with E-state index >= 15 is 0 Å². The van der Waals surface area contributed by atoms with E-state index in [0.29, 0.717) is 17.2 Å². The molecule has 2 rings (SSSR count). The zero-order chi connectivity index (χ0) is 15.1. The van der Waals surface area contributed by atoms with E-state index in [1.165, 1.54) is 11.3 Å². The second kappa shape index (κ2) is 8.18. The van der Waals surface area contributed by atoms with Crippen molar-refractivity contribution in [3.8, 4) is 11.8 Å². The van der Waals surface area contributed by atoms with E-state index in [1.807, 2.05) is 16.3 Å². The Morgan fingerprint density at radius 3 is 3.05 bits per heavy atom. The lowest BCUT2D eigenvalue weighted by molar-refractivity contribution is 0.0658. The number of rotatable bonds is 4. The summed E-state index contributed by atoms with van der Waals surface area (Å²) < 4.78 is 0. The molecule has 0 saturated carbocycles. The molecule has 5 heteroatoms. The smallest absolute Gasteiger partial charge is 0.265 e. The molecule has 21 heavy (non-hydrogen) atoms. The Hall–Kier alpha value is -1.35. The van der Waals surface area contributed by atoms with Crippen molar-refractivity contribution in [2.24, 2.45) is 5.92 Å². The fourth-order valence-corrected chi connectivity index (χ4v) is 3.41. The number of aliphatic hydroxyl groups is 2. The molecule has 0 radical (unpaired) electrons. The fourth-order valence-electron chi connectivity index (χ4n) is 2.60. The van der Waals surface area contributed by atoms with Gasteiger partial charge >= 0.3 is 0 Å². The van der Waals surface area contributed by atoms with Crippen molar-refractivity contribution in [1.29, 1.82) is 0 Å². The fraction of sp³-hybridized carbons (Fsp3) is 0.562. The molecular formula is C16H21NO3S. The molecule has 1 fully saturated rings. The van der Waals surface area contributed by atoms with Gasteiger partial charge in [-0.3, -0.25) is 4.79 Å². The van der Waals surface area contributed by atoms with Gasteiger partial charge in [0.2, 0.25) is 0 Å². The normalized spacial score (nSPS) is 18.2. The molecule has 1 aliphatic rings. The third-order valence-electron chi connectivity index (χ3n) is 3.66. The van der Waals surface area contributed by atoms with Gasteiger partial charge in [-0.15, -0.1) is 11.3 Å². The lowest BCUT2D eigenvalue weighted by Crippen LogP contribution is -2.40. The molecule has 1 saturated heterocycles. The third kappa shape index (κ3) is 4.31. The maximum atomic E-state index is 12.6. The van der Waals surface area contributed by atoms with Gasteiger partial charge in [0, 0.05) is 31.7 Å². The molecule has 1 aliphatic heterocycles. The Morgan fingerprint density at radius 2 is 2.29 bits per heavy atom. The van der Waals surface area contributed by atoms with Gasteiger partial charge in [-0.05, 0) is 36.6 Å². The molecule has 114 valence electrons. The molecule has 0 spiro atoms. The molecule has 1 aromatic rings. The summed E-state index contributed by atoms with van der Waals surface area (Å²) in [5.41, 5.74) is 0.753. The summed E-state index contributed by atoms with van der Waals surface area (Å²) in [7, 11) is 0. The summed E-state index contributed by atoms with van der Waals surface area (Å²) in [6, 6.07) is 1.86. The highest BCUT2D eigenvalue weighted by Gasteiger charge is 2.25. The number of hydrogen-bond acceptors (Lipinski definition) is 4. The zero-order valence-electron chi connectivity index (χ0n) is 12.0. The molecule has 0 aromatic carbocycles. The second-order valence-corrected chi connectivity index (χ2v) is 6.13. The van der Waals surface area contributed by atoms with Gasteiger partial charge in [0.1, 0.15) is 4.88 Å². The Morgan fingerprint density at radius 1 is 1.43 bits per heavy atom. The summed E-state index contributed by atoms with van der Waals surface area (Å²) in [5, 5.41) is 19.7. The van der Waals surface area contributed by atoms with Crippen LogP contribution < -0.4 is 0 Å². The standard InChI is InChI=1S/C16H21NO3S/c18-9-2-1-5-14-7-11-21-15(14)16(20)17-8-3-4-13(12-17)6-10-19/h7,11,13,18-19H,2-4,6,8-10,12H2. The summed E-state index contributed by atoms with van der Waals surface area (Å²) >= 11 is 1.42. The van der Waals surface area contributed by atoms with Gasteiger partial charge in [0.25, 0.3) is 5.91 Å². The van der Waals surface area contributed by atoms with Gasteiger partial charge in [-0.1, -0.05) is 11.8 Å². The summed E-state index contributed by atoms with van der Waals surface area (Å²) in [4.78, 5) is 15.2. The predicted octanol–water partition coefficient (Wildman–Crippen LogP) is 1.72. The molecule has 4 nitrogen and oxygen atoms in total. The highest BCUT2D eigenvalue weighted by Crippen LogP contribution is 2.24. The van der Waals surface area contributed by atoms with E-state index in [4.69, 9.17) is 10.2 Å². The van der Waals surface area contributed by atoms with E-state index < -0.39 is 0 Å². The van der Waals surface area contributed by atoms with E-state index in [-0.39, 0.29) is 19.1 Å². The largest absolute Gasteiger partial charge is 0.396 e. The number of piperidine rings is 1. The third-order valence-corrected chi connectivity index (χ3v) is 4.57. The van der Waals surface area contributed by atoms with Gasteiger partial charge in [-0.2, -0.15) is 0 Å². The molecule has 1 amide bonds. The molecule has 1 aromatic heterocycles. The maximum Gasteiger partial charge on any atom is 0.265 e. The monoisotopic (exact) mass is 307 g/mol. The van der Waals surface area contributed by atoms with Crippen LogP contribution in [0.15, 0.2) is 11.4 Å². The van der Waals surface area contributed by atoms with Crippen LogP contribution in [0.3, 0.4) is 0 Å². The number of amides is 1. The molecule has 1 unspecified atom stereocenters. The highest BCUT2D eigenvalue weighted by atomic mass is 32.1. The molecular weight excluding hydrogens is 286 g/mol. The summed E-state index contributed by atoms with van der Waals surface area (Å²) in [6.45, 7) is 1.72. The van der Waals surface area contributed by atoms with Crippen LogP contribution in [0.2, 0.25) is 0 Å².